The van der Waals surface area contributed by atoms with Gasteiger partial charge in [-0.1, -0.05) is 24.6 Å². The second-order valence-electron chi connectivity index (χ2n) is 4.86. The molecule has 108 valence electrons. The predicted molar refractivity (Wildman–Crippen MR) is 79.6 cm³/mol. The molecular weight excluding hydrogens is 277 g/mol. The van der Waals surface area contributed by atoms with E-state index in [1.165, 1.54) is 6.07 Å². The first-order valence-electron chi connectivity index (χ1n) is 6.64. The molecule has 0 aliphatic carbocycles. The van der Waals surface area contributed by atoms with Gasteiger partial charge in [0.05, 0.1) is 11.7 Å². The Kier molecular flexibility index (Phi) is 4.45. The van der Waals surface area contributed by atoms with E-state index in [1.807, 2.05) is 32.5 Å². The van der Waals surface area contributed by atoms with Gasteiger partial charge in [-0.05, 0) is 32.5 Å². The molecule has 3 nitrogen and oxygen atoms in total. The fourth-order valence-corrected chi connectivity index (χ4v) is 2.67. The maximum absolute atomic E-state index is 14.2. The smallest absolute Gasteiger partial charge is 0.129 e. The van der Waals surface area contributed by atoms with E-state index in [2.05, 4.69) is 10.4 Å². The first-order chi connectivity index (χ1) is 9.45. The molecule has 2 aromatic rings. The highest BCUT2D eigenvalue weighted by Crippen LogP contribution is 2.30. The van der Waals surface area contributed by atoms with Crippen LogP contribution in [0.2, 0.25) is 5.02 Å². The Hall–Kier alpha value is -1.39. The van der Waals surface area contributed by atoms with Crippen LogP contribution in [0.15, 0.2) is 18.2 Å². The van der Waals surface area contributed by atoms with E-state index in [0.717, 1.165) is 23.5 Å². The van der Waals surface area contributed by atoms with Gasteiger partial charge in [-0.15, -0.1) is 0 Å². The quantitative estimate of drug-likeness (QED) is 0.935. The number of nitrogens with one attached hydrogen (secondary N) is 1. The lowest BCUT2D eigenvalue weighted by molar-refractivity contribution is 0.556. The van der Waals surface area contributed by atoms with Crippen molar-refractivity contribution in [3.8, 4) is 0 Å². The molecule has 1 aromatic heterocycles. The van der Waals surface area contributed by atoms with E-state index in [1.54, 1.807) is 12.1 Å². The molecule has 0 saturated carbocycles. The van der Waals surface area contributed by atoms with Gasteiger partial charge in [-0.2, -0.15) is 5.10 Å². The van der Waals surface area contributed by atoms with Crippen LogP contribution in [0.5, 0.6) is 0 Å². The van der Waals surface area contributed by atoms with E-state index < -0.39 is 0 Å². The van der Waals surface area contributed by atoms with Crippen molar-refractivity contribution < 1.29 is 4.39 Å². The lowest BCUT2D eigenvalue weighted by Crippen LogP contribution is -2.24. The number of aryl methyl sites for hydroxylation is 2. The topological polar surface area (TPSA) is 29.9 Å². The minimum Gasteiger partial charge on any atom is -0.306 e. The Bertz CT molecular complexity index is 622. The van der Waals surface area contributed by atoms with Crippen molar-refractivity contribution in [3.63, 3.8) is 0 Å². The molecular formula is C15H19ClFN3. The Morgan fingerprint density at radius 2 is 2.10 bits per heavy atom. The predicted octanol–water partition coefficient (Wildman–Crippen LogP) is 3.53. The summed E-state index contributed by atoms with van der Waals surface area (Å²) in [5.74, 6) is -0.300. The summed E-state index contributed by atoms with van der Waals surface area (Å²) in [7, 11) is 1.90. The van der Waals surface area contributed by atoms with E-state index in [0.29, 0.717) is 10.6 Å². The summed E-state index contributed by atoms with van der Waals surface area (Å²) in [5, 5.41) is 8.15. The fraction of sp³-hybridized carbons (Fsp3) is 0.400. The first-order valence-corrected chi connectivity index (χ1v) is 7.02. The molecule has 0 amide bonds. The molecule has 0 fully saturated rings. The molecule has 1 N–H and O–H groups in total. The van der Waals surface area contributed by atoms with Gasteiger partial charge < -0.3 is 5.32 Å². The zero-order chi connectivity index (χ0) is 14.9. The van der Waals surface area contributed by atoms with Crippen LogP contribution in [-0.4, -0.2) is 16.3 Å². The molecule has 5 heteroatoms. The SMILES string of the molecule is CCNC(c1ccc(Cl)cc1F)c1c(C)nn(C)c1C. The minimum atomic E-state index is -0.300. The van der Waals surface area contributed by atoms with E-state index in [4.69, 9.17) is 11.6 Å². The highest BCUT2D eigenvalue weighted by atomic mass is 35.5. The summed E-state index contributed by atoms with van der Waals surface area (Å²) in [6, 6.07) is 4.58. The van der Waals surface area contributed by atoms with Crippen LogP contribution in [0.4, 0.5) is 4.39 Å². The lowest BCUT2D eigenvalue weighted by Gasteiger charge is -2.20. The fourth-order valence-electron chi connectivity index (χ4n) is 2.52. The van der Waals surface area contributed by atoms with Crippen molar-refractivity contribution in [3.05, 3.63) is 51.6 Å². The maximum Gasteiger partial charge on any atom is 0.129 e. The molecule has 0 aliphatic rings. The van der Waals surface area contributed by atoms with Crippen LogP contribution < -0.4 is 5.32 Å². The standard InChI is InChI=1S/C15H19ClFN3/c1-5-18-15(12-7-6-11(16)8-13(12)17)14-9(2)19-20(4)10(14)3/h6-8,15,18H,5H2,1-4H3. The lowest BCUT2D eigenvalue weighted by atomic mass is 9.96. The number of nitrogens with zero attached hydrogens (tertiary/aromatic N) is 2. The molecule has 1 atom stereocenters. The Morgan fingerprint density at radius 1 is 1.40 bits per heavy atom. The minimum absolute atomic E-state index is 0.217. The van der Waals surface area contributed by atoms with Crippen molar-refractivity contribution in [1.29, 1.82) is 0 Å². The number of hydrogen-bond acceptors (Lipinski definition) is 2. The van der Waals surface area contributed by atoms with Crippen molar-refractivity contribution in [2.75, 3.05) is 6.54 Å². The molecule has 20 heavy (non-hydrogen) atoms. The largest absolute Gasteiger partial charge is 0.306 e. The summed E-state index contributed by atoms with van der Waals surface area (Å²) in [6.07, 6.45) is 0. The zero-order valence-corrected chi connectivity index (χ0v) is 12.9. The van der Waals surface area contributed by atoms with Gasteiger partial charge in [0.2, 0.25) is 0 Å². The number of aromatic nitrogens is 2. The van der Waals surface area contributed by atoms with Gasteiger partial charge in [-0.25, -0.2) is 4.39 Å². The number of halogens is 2. The summed E-state index contributed by atoms with van der Waals surface area (Å²) in [5.41, 5.74) is 3.55. The van der Waals surface area contributed by atoms with Crippen molar-refractivity contribution >= 4 is 11.6 Å². The molecule has 0 spiro atoms. The van der Waals surface area contributed by atoms with Gasteiger partial charge in [0.15, 0.2) is 0 Å². The van der Waals surface area contributed by atoms with E-state index in [-0.39, 0.29) is 11.9 Å². The average molecular weight is 296 g/mol. The van der Waals surface area contributed by atoms with Crippen molar-refractivity contribution in [2.45, 2.75) is 26.8 Å². The monoisotopic (exact) mass is 295 g/mol. The van der Waals surface area contributed by atoms with Crippen LogP contribution in [0.3, 0.4) is 0 Å². The summed E-state index contributed by atoms with van der Waals surface area (Å²) in [4.78, 5) is 0. The molecule has 0 bridgehead atoms. The Labute approximate surface area is 123 Å². The Morgan fingerprint density at radius 3 is 2.60 bits per heavy atom. The maximum atomic E-state index is 14.2. The number of hydrogen-bond donors (Lipinski definition) is 1. The molecule has 1 unspecified atom stereocenters. The third-order valence-electron chi connectivity index (χ3n) is 3.54. The van der Waals surface area contributed by atoms with E-state index >= 15 is 0 Å². The molecule has 0 saturated heterocycles. The molecule has 1 aromatic carbocycles. The third kappa shape index (κ3) is 2.72. The first kappa shape index (κ1) is 15.0. The second kappa shape index (κ2) is 5.94. The second-order valence-corrected chi connectivity index (χ2v) is 5.30. The Balaban J connectivity index is 2.56. The van der Waals surface area contributed by atoms with Crippen LogP contribution in [0, 0.1) is 19.7 Å². The van der Waals surface area contributed by atoms with Crippen LogP contribution in [-0.2, 0) is 7.05 Å². The van der Waals surface area contributed by atoms with Gasteiger partial charge in [0, 0.05) is 28.9 Å². The number of rotatable bonds is 4. The molecule has 2 rings (SSSR count). The molecule has 0 aliphatic heterocycles. The summed E-state index contributed by atoms with van der Waals surface area (Å²) in [6.45, 7) is 6.68. The van der Waals surface area contributed by atoms with Gasteiger partial charge in [-0.3, -0.25) is 4.68 Å². The molecule has 1 heterocycles. The number of benzene rings is 1. The van der Waals surface area contributed by atoms with Crippen molar-refractivity contribution in [2.24, 2.45) is 7.05 Å². The zero-order valence-electron chi connectivity index (χ0n) is 12.2. The van der Waals surface area contributed by atoms with Crippen molar-refractivity contribution in [1.82, 2.24) is 15.1 Å². The molecule has 0 radical (unpaired) electrons. The highest BCUT2D eigenvalue weighted by Gasteiger charge is 2.23. The summed E-state index contributed by atoms with van der Waals surface area (Å²) < 4.78 is 16.1. The van der Waals surface area contributed by atoms with Crippen LogP contribution >= 0.6 is 11.6 Å². The summed E-state index contributed by atoms with van der Waals surface area (Å²) >= 11 is 5.83. The van der Waals surface area contributed by atoms with Crippen LogP contribution in [0.25, 0.3) is 0 Å². The van der Waals surface area contributed by atoms with Gasteiger partial charge in [0.25, 0.3) is 0 Å². The van der Waals surface area contributed by atoms with E-state index in [9.17, 15) is 4.39 Å². The third-order valence-corrected chi connectivity index (χ3v) is 3.77. The van der Waals surface area contributed by atoms with Gasteiger partial charge >= 0.3 is 0 Å². The highest BCUT2D eigenvalue weighted by molar-refractivity contribution is 6.30. The average Bonchev–Trinajstić information content (AvgIpc) is 2.62. The van der Waals surface area contributed by atoms with Crippen LogP contribution in [0.1, 0.15) is 35.5 Å². The normalized spacial score (nSPS) is 12.7. The van der Waals surface area contributed by atoms with Gasteiger partial charge in [0.1, 0.15) is 5.82 Å².